The summed E-state index contributed by atoms with van der Waals surface area (Å²) in [5, 5.41) is 11.5. The first kappa shape index (κ1) is 22.0. The predicted molar refractivity (Wildman–Crippen MR) is 129 cm³/mol. The van der Waals surface area contributed by atoms with Crippen molar-refractivity contribution in [2.75, 3.05) is 11.5 Å². The third-order valence-corrected chi connectivity index (χ3v) is 7.97. The number of ether oxygens (including phenoxy) is 2. The SMILES string of the molecule is C[C@@]12CC[C@@](CCOc3ccc(Cl)cn3)(O1)[C@H]1C(=O)N(c3ccc(C#N)c4ccccc34)C(=O)[C@H]12. The van der Waals surface area contributed by atoms with E-state index in [-0.39, 0.29) is 11.8 Å². The number of aromatic nitrogens is 1. The number of nitriles is 1. The molecule has 3 aliphatic heterocycles. The van der Waals surface area contributed by atoms with Crippen molar-refractivity contribution in [3.63, 3.8) is 0 Å². The molecular weight excluding hydrogens is 466 g/mol. The Morgan fingerprint density at radius 3 is 2.63 bits per heavy atom. The van der Waals surface area contributed by atoms with Gasteiger partial charge in [0.15, 0.2) is 0 Å². The van der Waals surface area contributed by atoms with E-state index < -0.39 is 23.0 Å². The van der Waals surface area contributed by atoms with Gasteiger partial charge in [0, 0.05) is 29.5 Å². The van der Waals surface area contributed by atoms with Gasteiger partial charge in [-0.2, -0.15) is 5.26 Å². The zero-order valence-corrected chi connectivity index (χ0v) is 19.8. The summed E-state index contributed by atoms with van der Waals surface area (Å²) in [4.78, 5) is 33.1. The normalized spacial score (nSPS) is 29.0. The highest BCUT2D eigenvalue weighted by Crippen LogP contribution is 2.62. The predicted octanol–water partition coefficient (Wildman–Crippen LogP) is 4.66. The molecule has 35 heavy (non-hydrogen) atoms. The monoisotopic (exact) mass is 487 g/mol. The van der Waals surface area contributed by atoms with Gasteiger partial charge in [-0.1, -0.05) is 35.9 Å². The molecule has 7 nitrogen and oxygen atoms in total. The number of halogens is 1. The quantitative estimate of drug-likeness (QED) is 0.486. The van der Waals surface area contributed by atoms with Gasteiger partial charge in [-0.25, -0.2) is 9.88 Å². The van der Waals surface area contributed by atoms with E-state index in [0.717, 1.165) is 0 Å². The molecule has 0 unspecified atom stereocenters. The van der Waals surface area contributed by atoms with Crippen molar-refractivity contribution in [1.82, 2.24) is 4.98 Å². The van der Waals surface area contributed by atoms with Gasteiger partial charge in [-0.3, -0.25) is 9.59 Å². The van der Waals surface area contributed by atoms with Crippen LogP contribution in [0.3, 0.4) is 0 Å². The first-order valence-electron chi connectivity index (χ1n) is 11.6. The zero-order chi connectivity index (χ0) is 24.4. The third-order valence-electron chi connectivity index (χ3n) is 7.75. The maximum atomic E-state index is 13.9. The van der Waals surface area contributed by atoms with Crippen LogP contribution in [0.4, 0.5) is 5.69 Å². The summed E-state index contributed by atoms with van der Waals surface area (Å²) >= 11 is 5.89. The molecule has 176 valence electrons. The fourth-order valence-corrected chi connectivity index (χ4v) is 6.31. The smallest absolute Gasteiger partial charge is 0.240 e. The lowest BCUT2D eigenvalue weighted by molar-refractivity contribution is -0.131. The largest absolute Gasteiger partial charge is 0.478 e. The van der Waals surface area contributed by atoms with E-state index in [4.69, 9.17) is 21.1 Å². The van der Waals surface area contributed by atoms with Crippen molar-refractivity contribution in [3.8, 4) is 11.9 Å². The lowest BCUT2D eigenvalue weighted by Gasteiger charge is -2.31. The van der Waals surface area contributed by atoms with Gasteiger partial charge < -0.3 is 9.47 Å². The number of benzene rings is 2. The Labute approximate surface area is 207 Å². The van der Waals surface area contributed by atoms with E-state index in [9.17, 15) is 14.9 Å². The number of imide groups is 1. The fraction of sp³-hybridized carbons (Fsp3) is 0.333. The van der Waals surface area contributed by atoms with Crippen molar-refractivity contribution in [2.45, 2.75) is 37.4 Å². The Morgan fingerprint density at radius 2 is 1.89 bits per heavy atom. The number of pyridine rings is 1. The maximum absolute atomic E-state index is 13.9. The van der Waals surface area contributed by atoms with Gasteiger partial charge in [0.2, 0.25) is 17.7 Å². The minimum atomic E-state index is -0.768. The summed E-state index contributed by atoms with van der Waals surface area (Å²) in [7, 11) is 0. The third kappa shape index (κ3) is 3.17. The molecule has 2 aromatic carbocycles. The highest BCUT2D eigenvalue weighted by Gasteiger charge is 2.73. The minimum absolute atomic E-state index is 0.237. The van der Waals surface area contributed by atoms with Gasteiger partial charge in [-0.15, -0.1) is 0 Å². The molecule has 4 atom stereocenters. The van der Waals surface area contributed by atoms with E-state index in [1.165, 1.54) is 11.1 Å². The number of carbonyl (C=O) groups excluding carboxylic acids is 2. The second-order valence-electron chi connectivity index (χ2n) is 9.65. The molecule has 4 heterocycles. The Balaban J connectivity index is 1.33. The number of nitrogens with zero attached hydrogens (tertiary/aromatic N) is 3. The first-order chi connectivity index (χ1) is 16.9. The van der Waals surface area contributed by atoms with Crippen molar-refractivity contribution in [3.05, 3.63) is 65.3 Å². The average Bonchev–Trinajstić information content (AvgIpc) is 3.44. The molecule has 2 amide bonds. The molecule has 2 bridgehead atoms. The van der Waals surface area contributed by atoms with E-state index >= 15 is 0 Å². The Bertz CT molecular complexity index is 1420. The highest BCUT2D eigenvalue weighted by molar-refractivity contribution is 6.30. The summed E-state index contributed by atoms with van der Waals surface area (Å²) in [5.41, 5.74) is -0.449. The van der Waals surface area contributed by atoms with Gasteiger partial charge in [0.1, 0.15) is 0 Å². The van der Waals surface area contributed by atoms with Gasteiger partial charge >= 0.3 is 0 Å². The maximum Gasteiger partial charge on any atom is 0.240 e. The molecule has 0 spiro atoms. The summed E-state index contributed by atoms with van der Waals surface area (Å²) in [6, 6.07) is 16.3. The average molecular weight is 488 g/mol. The molecule has 3 saturated heterocycles. The number of rotatable bonds is 5. The number of hydrogen-bond acceptors (Lipinski definition) is 6. The van der Waals surface area contributed by atoms with E-state index in [0.29, 0.717) is 58.8 Å². The lowest BCUT2D eigenvalue weighted by atomic mass is 9.67. The molecule has 0 N–H and O–H groups in total. The van der Waals surface area contributed by atoms with Crippen LogP contribution in [-0.4, -0.2) is 34.6 Å². The van der Waals surface area contributed by atoms with Crippen molar-refractivity contribution in [1.29, 1.82) is 5.26 Å². The summed E-state index contributed by atoms with van der Waals surface area (Å²) in [6.45, 7) is 2.24. The van der Waals surface area contributed by atoms with Crippen molar-refractivity contribution < 1.29 is 19.1 Å². The van der Waals surface area contributed by atoms with Crippen LogP contribution in [0.25, 0.3) is 10.8 Å². The number of fused-ring (bicyclic) bond motifs is 6. The first-order valence-corrected chi connectivity index (χ1v) is 12.0. The van der Waals surface area contributed by atoms with Crippen LogP contribution in [0.5, 0.6) is 5.88 Å². The van der Waals surface area contributed by atoms with Crippen LogP contribution in [0.1, 0.15) is 31.7 Å². The number of anilines is 1. The molecule has 3 fully saturated rings. The van der Waals surface area contributed by atoms with E-state index in [1.54, 1.807) is 24.3 Å². The summed E-state index contributed by atoms with van der Waals surface area (Å²) in [6.07, 6.45) is 3.37. The van der Waals surface area contributed by atoms with Gasteiger partial charge in [0.25, 0.3) is 0 Å². The Hall–Kier alpha value is -3.47. The van der Waals surface area contributed by atoms with Crippen molar-refractivity contribution >= 4 is 39.9 Å². The highest BCUT2D eigenvalue weighted by atomic mass is 35.5. The summed E-state index contributed by atoms with van der Waals surface area (Å²) < 4.78 is 12.3. The molecule has 8 heteroatoms. The molecule has 3 aliphatic rings. The van der Waals surface area contributed by atoms with Crippen molar-refractivity contribution in [2.24, 2.45) is 11.8 Å². The van der Waals surface area contributed by atoms with E-state index in [2.05, 4.69) is 11.1 Å². The molecule has 1 aromatic heterocycles. The molecule has 0 aliphatic carbocycles. The Morgan fingerprint density at radius 1 is 1.11 bits per heavy atom. The van der Waals surface area contributed by atoms with Crippen LogP contribution >= 0.6 is 11.6 Å². The zero-order valence-electron chi connectivity index (χ0n) is 19.0. The van der Waals surface area contributed by atoms with Crippen LogP contribution in [0, 0.1) is 23.2 Å². The second-order valence-corrected chi connectivity index (χ2v) is 10.1. The number of hydrogen-bond donors (Lipinski definition) is 0. The minimum Gasteiger partial charge on any atom is -0.478 e. The van der Waals surface area contributed by atoms with Crippen LogP contribution in [-0.2, 0) is 14.3 Å². The Kier molecular flexibility index (Phi) is 4.89. The van der Waals surface area contributed by atoms with Crippen LogP contribution < -0.4 is 9.64 Å². The topological polar surface area (TPSA) is 92.5 Å². The molecule has 0 radical (unpaired) electrons. The molecule has 6 rings (SSSR count). The molecule has 0 saturated carbocycles. The lowest BCUT2D eigenvalue weighted by Crippen LogP contribution is -2.43. The fourth-order valence-electron chi connectivity index (χ4n) is 6.20. The van der Waals surface area contributed by atoms with Gasteiger partial charge in [-0.05, 0) is 38.0 Å². The van der Waals surface area contributed by atoms with E-state index in [1.807, 2.05) is 31.2 Å². The molecular formula is C27H22ClN3O4. The van der Waals surface area contributed by atoms with Crippen LogP contribution in [0.15, 0.2) is 54.7 Å². The standard InChI is InChI=1S/C27H22ClN3O4/c1-26-10-11-27(35-26,12-13-34-21-9-7-17(28)15-30-21)23-22(26)24(32)31(25(23)33)20-8-6-16(14-29)18-4-2-3-5-19(18)20/h2-9,15,22-23H,10-13H2,1H3/t22-,23+,26-,27-/m0/s1. The van der Waals surface area contributed by atoms with Crippen LogP contribution in [0.2, 0.25) is 5.02 Å². The number of amides is 2. The molecule has 3 aromatic rings. The van der Waals surface area contributed by atoms with Gasteiger partial charge in [0.05, 0.1) is 52.0 Å². The second kappa shape index (κ2) is 7.77. The summed E-state index contributed by atoms with van der Waals surface area (Å²) in [5.74, 6) is -1.17. The number of carbonyl (C=O) groups is 2.